The van der Waals surface area contributed by atoms with Crippen LogP contribution in [0.1, 0.15) is 11.1 Å². The molecule has 0 aliphatic heterocycles. The third-order valence-electron chi connectivity index (χ3n) is 3.87. The highest BCUT2D eigenvalue weighted by Crippen LogP contribution is 2.27. The Balaban J connectivity index is 2.04. The Hall–Kier alpha value is -2.23. The Kier molecular flexibility index (Phi) is 3.69. The summed E-state index contributed by atoms with van der Waals surface area (Å²) in [7, 11) is 0. The third kappa shape index (κ3) is 2.66. The molecule has 3 aromatic rings. The van der Waals surface area contributed by atoms with E-state index >= 15 is 0 Å². The molecule has 0 aliphatic carbocycles. The number of aromatic nitrogens is 1. The number of rotatable bonds is 4. The highest BCUT2D eigenvalue weighted by Gasteiger charge is 2.28. The molecule has 3 N–H and O–H groups in total. The summed E-state index contributed by atoms with van der Waals surface area (Å²) in [6.45, 7) is 0.174. The average molecular weight is 278 g/mol. The maximum absolute atomic E-state index is 11.0. The first kappa shape index (κ1) is 13.7. The maximum atomic E-state index is 11.0. The van der Waals surface area contributed by atoms with Crippen LogP contribution in [0.3, 0.4) is 0 Å². The predicted octanol–water partition coefficient (Wildman–Crippen LogP) is 2.62. The van der Waals surface area contributed by atoms with Crippen LogP contribution in [-0.4, -0.2) is 16.6 Å². The smallest absolute Gasteiger partial charge is 0.106 e. The number of fused-ring (bicyclic) bond motifs is 1. The van der Waals surface area contributed by atoms with E-state index in [1.54, 1.807) is 6.20 Å². The lowest BCUT2D eigenvalue weighted by Gasteiger charge is -2.27. The molecule has 0 fully saturated rings. The lowest BCUT2D eigenvalue weighted by molar-refractivity contribution is 0.0466. The monoisotopic (exact) mass is 278 g/mol. The molecule has 0 radical (unpaired) electrons. The summed E-state index contributed by atoms with van der Waals surface area (Å²) in [4.78, 5) is 4.36. The number of benzene rings is 2. The van der Waals surface area contributed by atoms with Crippen LogP contribution >= 0.6 is 0 Å². The molecule has 1 atom stereocenters. The first-order valence-electron chi connectivity index (χ1n) is 7.03. The van der Waals surface area contributed by atoms with Gasteiger partial charge in [-0.2, -0.15) is 0 Å². The Morgan fingerprint density at radius 2 is 1.67 bits per heavy atom. The van der Waals surface area contributed by atoms with Crippen molar-refractivity contribution in [1.82, 2.24) is 4.98 Å². The van der Waals surface area contributed by atoms with Crippen molar-refractivity contribution < 1.29 is 5.11 Å². The van der Waals surface area contributed by atoms with Crippen molar-refractivity contribution in [2.75, 3.05) is 6.54 Å². The molecule has 1 aromatic heterocycles. The predicted molar refractivity (Wildman–Crippen MR) is 84.8 cm³/mol. The Morgan fingerprint density at radius 3 is 2.43 bits per heavy atom. The highest BCUT2D eigenvalue weighted by molar-refractivity contribution is 5.81. The quantitative estimate of drug-likeness (QED) is 0.771. The summed E-state index contributed by atoms with van der Waals surface area (Å²) in [5, 5.41) is 12.0. The Labute approximate surface area is 124 Å². The van der Waals surface area contributed by atoms with Crippen LogP contribution in [0, 0.1) is 0 Å². The van der Waals surface area contributed by atoms with E-state index < -0.39 is 5.60 Å². The Morgan fingerprint density at radius 1 is 0.952 bits per heavy atom. The molecule has 2 aromatic carbocycles. The van der Waals surface area contributed by atoms with Gasteiger partial charge < -0.3 is 10.8 Å². The van der Waals surface area contributed by atoms with Crippen molar-refractivity contribution in [2.45, 2.75) is 12.0 Å². The molecule has 0 saturated heterocycles. The van der Waals surface area contributed by atoms with E-state index in [1.807, 2.05) is 60.7 Å². The molecule has 0 saturated carbocycles. The van der Waals surface area contributed by atoms with Crippen LogP contribution in [0.25, 0.3) is 10.9 Å². The van der Waals surface area contributed by atoms with Crippen molar-refractivity contribution in [3.63, 3.8) is 0 Å². The van der Waals surface area contributed by atoms with Gasteiger partial charge in [0.15, 0.2) is 0 Å². The molecule has 21 heavy (non-hydrogen) atoms. The minimum absolute atomic E-state index is 0.174. The van der Waals surface area contributed by atoms with E-state index in [0.717, 1.165) is 22.0 Å². The second-order valence-corrected chi connectivity index (χ2v) is 5.27. The van der Waals surface area contributed by atoms with Crippen molar-refractivity contribution >= 4 is 10.9 Å². The summed E-state index contributed by atoms with van der Waals surface area (Å²) in [5.74, 6) is 0. The van der Waals surface area contributed by atoms with Gasteiger partial charge in [-0.3, -0.25) is 4.98 Å². The molecule has 0 aliphatic rings. The van der Waals surface area contributed by atoms with E-state index in [9.17, 15) is 5.11 Å². The molecular formula is C18H18N2O. The molecule has 3 heteroatoms. The average Bonchev–Trinajstić information content (AvgIpc) is 2.56. The van der Waals surface area contributed by atoms with Gasteiger partial charge in [-0.15, -0.1) is 0 Å². The van der Waals surface area contributed by atoms with Gasteiger partial charge in [0.25, 0.3) is 0 Å². The molecule has 3 rings (SSSR count). The minimum Gasteiger partial charge on any atom is -0.383 e. The fraction of sp³-hybridized carbons (Fsp3) is 0.167. The zero-order valence-corrected chi connectivity index (χ0v) is 11.7. The number of aliphatic hydroxyl groups is 1. The summed E-state index contributed by atoms with van der Waals surface area (Å²) < 4.78 is 0. The third-order valence-corrected chi connectivity index (χ3v) is 3.87. The van der Waals surface area contributed by atoms with Crippen LogP contribution in [0.2, 0.25) is 0 Å². The number of pyridine rings is 1. The van der Waals surface area contributed by atoms with E-state index in [1.165, 1.54) is 0 Å². The van der Waals surface area contributed by atoms with Crippen LogP contribution in [0.4, 0.5) is 0 Å². The normalized spacial score (nSPS) is 14.0. The van der Waals surface area contributed by atoms with E-state index in [0.29, 0.717) is 6.42 Å². The molecule has 1 unspecified atom stereocenters. The van der Waals surface area contributed by atoms with E-state index in [-0.39, 0.29) is 6.54 Å². The van der Waals surface area contributed by atoms with Crippen LogP contribution in [-0.2, 0) is 12.0 Å². The largest absolute Gasteiger partial charge is 0.383 e. The molecule has 0 spiro atoms. The SMILES string of the molecule is NCC(O)(Cc1ccnc2ccccc12)c1ccccc1. The number of hydrogen-bond donors (Lipinski definition) is 2. The summed E-state index contributed by atoms with van der Waals surface area (Å²) in [6, 6.07) is 19.5. The molecule has 3 nitrogen and oxygen atoms in total. The zero-order valence-electron chi connectivity index (χ0n) is 11.7. The van der Waals surface area contributed by atoms with Gasteiger partial charge in [0.1, 0.15) is 5.60 Å². The number of para-hydroxylation sites is 1. The summed E-state index contributed by atoms with van der Waals surface area (Å²) >= 11 is 0. The fourth-order valence-electron chi connectivity index (χ4n) is 2.66. The zero-order chi connectivity index (χ0) is 14.7. The summed E-state index contributed by atoms with van der Waals surface area (Å²) in [6.07, 6.45) is 2.25. The van der Waals surface area contributed by atoms with Gasteiger partial charge in [0.2, 0.25) is 0 Å². The van der Waals surface area contributed by atoms with Crippen molar-refractivity contribution in [1.29, 1.82) is 0 Å². The van der Waals surface area contributed by atoms with Crippen molar-refractivity contribution in [3.05, 3.63) is 78.0 Å². The lowest BCUT2D eigenvalue weighted by Crippen LogP contribution is -2.37. The second kappa shape index (κ2) is 5.64. The molecule has 1 heterocycles. The van der Waals surface area contributed by atoms with Crippen molar-refractivity contribution in [3.8, 4) is 0 Å². The lowest BCUT2D eigenvalue weighted by atomic mass is 9.86. The topological polar surface area (TPSA) is 59.1 Å². The van der Waals surface area contributed by atoms with Crippen LogP contribution < -0.4 is 5.73 Å². The van der Waals surface area contributed by atoms with Gasteiger partial charge in [0.05, 0.1) is 5.52 Å². The van der Waals surface area contributed by atoms with Crippen LogP contribution in [0.15, 0.2) is 66.9 Å². The number of nitrogens with zero attached hydrogens (tertiary/aromatic N) is 1. The van der Waals surface area contributed by atoms with Gasteiger partial charge >= 0.3 is 0 Å². The van der Waals surface area contributed by atoms with Gasteiger partial charge in [0, 0.05) is 24.5 Å². The van der Waals surface area contributed by atoms with Crippen molar-refractivity contribution in [2.24, 2.45) is 5.73 Å². The number of hydrogen-bond acceptors (Lipinski definition) is 3. The first-order valence-corrected chi connectivity index (χ1v) is 7.03. The highest BCUT2D eigenvalue weighted by atomic mass is 16.3. The Bertz CT molecular complexity index is 737. The number of nitrogens with two attached hydrogens (primary N) is 1. The molecule has 0 amide bonds. The first-order chi connectivity index (χ1) is 10.2. The maximum Gasteiger partial charge on any atom is 0.106 e. The van der Waals surface area contributed by atoms with Gasteiger partial charge in [-0.05, 0) is 23.3 Å². The standard InChI is InChI=1S/C18H18N2O/c19-13-18(21,15-6-2-1-3-7-15)12-14-10-11-20-17-9-5-4-8-16(14)17/h1-11,21H,12-13,19H2. The van der Waals surface area contributed by atoms with Crippen LogP contribution in [0.5, 0.6) is 0 Å². The van der Waals surface area contributed by atoms with E-state index in [2.05, 4.69) is 4.98 Å². The molecule has 106 valence electrons. The minimum atomic E-state index is -1.06. The van der Waals surface area contributed by atoms with Gasteiger partial charge in [-0.1, -0.05) is 48.5 Å². The van der Waals surface area contributed by atoms with Gasteiger partial charge in [-0.25, -0.2) is 0 Å². The second-order valence-electron chi connectivity index (χ2n) is 5.27. The fourth-order valence-corrected chi connectivity index (χ4v) is 2.66. The molecule has 0 bridgehead atoms. The molecular weight excluding hydrogens is 260 g/mol. The summed E-state index contributed by atoms with van der Waals surface area (Å²) in [5.41, 5.74) is 7.63. The van der Waals surface area contributed by atoms with E-state index in [4.69, 9.17) is 5.73 Å².